The number of nitrogens with zero attached hydrogens (tertiary/aromatic N) is 1. The van der Waals surface area contributed by atoms with Crippen molar-refractivity contribution in [3.63, 3.8) is 0 Å². The van der Waals surface area contributed by atoms with E-state index in [1.807, 2.05) is 11.0 Å². The average molecular weight is 247 g/mol. The summed E-state index contributed by atoms with van der Waals surface area (Å²) >= 11 is 5.70. The predicted octanol–water partition coefficient (Wildman–Crippen LogP) is 1.05. The molecule has 0 spiro atoms. The van der Waals surface area contributed by atoms with Crippen LogP contribution in [0.2, 0.25) is 5.02 Å². The maximum absolute atomic E-state index is 11.4. The van der Waals surface area contributed by atoms with Gasteiger partial charge in [0.2, 0.25) is 0 Å². The molecule has 1 aromatic rings. The van der Waals surface area contributed by atoms with Gasteiger partial charge in [-0.25, -0.2) is 8.42 Å². The van der Waals surface area contributed by atoms with E-state index >= 15 is 0 Å². The van der Waals surface area contributed by atoms with Crippen LogP contribution in [0.1, 0.15) is 5.56 Å². The predicted molar refractivity (Wildman–Crippen MR) is 53.5 cm³/mol. The van der Waals surface area contributed by atoms with Gasteiger partial charge in [-0.3, -0.25) is 4.84 Å². The van der Waals surface area contributed by atoms with Gasteiger partial charge < -0.3 is 0 Å². The molecule has 0 atom stereocenters. The van der Waals surface area contributed by atoms with Gasteiger partial charge in [0.25, 0.3) is 10.0 Å². The molecular formula is C8H7ClN2O3S. The smallest absolute Gasteiger partial charge is 0.263 e. The summed E-state index contributed by atoms with van der Waals surface area (Å²) in [6.07, 6.45) is 0. The SMILES string of the molecule is CONS(=O)(=O)c1ccc(C#N)cc1Cl. The molecule has 0 saturated carbocycles. The molecular weight excluding hydrogens is 240 g/mol. The Labute approximate surface area is 92.2 Å². The first-order chi connectivity index (χ1) is 7.01. The molecule has 0 aromatic heterocycles. The molecule has 0 bridgehead atoms. The van der Waals surface area contributed by atoms with Crippen molar-refractivity contribution in [3.05, 3.63) is 28.8 Å². The Bertz CT molecular complexity index is 507. The monoisotopic (exact) mass is 246 g/mol. The molecule has 0 heterocycles. The molecule has 1 rings (SSSR count). The van der Waals surface area contributed by atoms with Crippen molar-refractivity contribution in [2.24, 2.45) is 0 Å². The van der Waals surface area contributed by atoms with Crippen molar-refractivity contribution in [1.82, 2.24) is 4.89 Å². The van der Waals surface area contributed by atoms with Gasteiger partial charge in [0, 0.05) is 0 Å². The molecule has 1 N–H and O–H groups in total. The van der Waals surface area contributed by atoms with Crippen molar-refractivity contribution in [2.45, 2.75) is 4.90 Å². The fourth-order valence-corrected chi connectivity index (χ4v) is 2.30. The van der Waals surface area contributed by atoms with Gasteiger partial charge >= 0.3 is 0 Å². The minimum atomic E-state index is -3.78. The number of rotatable bonds is 3. The molecule has 0 aliphatic carbocycles. The lowest BCUT2D eigenvalue weighted by molar-refractivity contribution is 0.153. The highest BCUT2D eigenvalue weighted by molar-refractivity contribution is 7.89. The zero-order valence-corrected chi connectivity index (χ0v) is 9.26. The minimum absolute atomic E-state index is 0.0291. The highest BCUT2D eigenvalue weighted by atomic mass is 35.5. The first kappa shape index (κ1) is 11.9. The Balaban J connectivity index is 3.24. The summed E-state index contributed by atoms with van der Waals surface area (Å²) in [6.45, 7) is 0. The topological polar surface area (TPSA) is 79.2 Å². The van der Waals surface area contributed by atoms with Gasteiger partial charge in [0.15, 0.2) is 0 Å². The number of benzene rings is 1. The molecule has 80 valence electrons. The van der Waals surface area contributed by atoms with Crippen LogP contribution in [0.4, 0.5) is 0 Å². The van der Waals surface area contributed by atoms with Gasteiger partial charge in [-0.15, -0.1) is 0 Å². The van der Waals surface area contributed by atoms with Crippen molar-refractivity contribution in [3.8, 4) is 6.07 Å². The van der Waals surface area contributed by atoms with E-state index in [-0.39, 0.29) is 15.5 Å². The maximum atomic E-state index is 11.4. The van der Waals surface area contributed by atoms with Gasteiger partial charge in [-0.05, 0) is 18.2 Å². The van der Waals surface area contributed by atoms with Crippen LogP contribution in [-0.4, -0.2) is 15.5 Å². The summed E-state index contributed by atoms with van der Waals surface area (Å²) in [4.78, 5) is 6.00. The molecule has 0 aliphatic rings. The fourth-order valence-electron chi connectivity index (χ4n) is 0.943. The molecule has 0 radical (unpaired) electrons. The Morgan fingerprint density at radius 2 is 2.20 bits per heavy atom. The molecule has 0 unspecified atom stereocenters. The first-order valence-corrected chi connectivity index (χ1v) is 5.62. The van der Waals surface area contributed by atoms with E-state index in [0.29, 0.717) is 0 Å². The number of nitriles is 1. The van der Waals surface area contributed by atoms with Gasteiger partial charge in [-0.2, -0.15) is 5.26 Å². The molecule has 0 fully saturated rings. The second kappa shape index (κ2) is 4.59. The molecule has 0 amide bonds. The quantitative estimate of drug-likeness (QED) is 0.809. The zero-order valence-electron chi connectivity index (χ0n) is 7.69. The van der Waals surface area contributed by atoms with Gasteiger partial charge in [0.1, 0.15) is 4.90 Å². The molecule has 1 aromatic carbocycles. The normalized spacial score (nSPS) is 11.0. The second-order valence-electron chi connectivity index (χ2n) is 2.55. The van der Waals surface area contributed by atoms with Crippen LogP contribution in [0.15, 0.2) is 23.1 Å². The van der Waals surface area contributed by atoms with E-state index < -0.39 is 10.0 Å². The lowest BCUT2D eigenvalue weighted by Crippen LogP contribution is -2.22. The third kappa shape index (κ3) is 2.67. The Kier molecular flexibility index (Phi) is 3.66. The lowest BCUT2D eigenvalue weighted by atomic mass is 10.2. The van der Waals surface area contributed by atoms with E-state index in [1.54, 1.807) is 0 Å². The molecule has 0 aliphatic heterocycles. The van der Waals surface area contributed by atoms with Crippen molar-refractivity contribution in [2.75, 3.05) is 7.11 Å². The lowest BCUT2D eigenvalue weighted by Gasteiger charge is -2.05. The van der Waals surface area contributed by atoms with Crippen molar-refractivity contribution < 1.29 is 13.3 Å². The van der Waals surface area contributed by atoms with Crippen LogP contribution in [0.3, 0.4) is 0 Å². The third-order valence-corrected chi connectivity index (χ3v) is 3.29. The Hall–Kier alpha value is -1.13. The zero-order chi connectivity index (χ0) is 11.5. The van der Waals surface area contributed by atoms with Crippen molar-refractivity contribution in [1.29, 1.82) is 5.26 Å². The number of halogens is 1. The van der Waals surface area contributed by atoms with Crippen LogP contribution in [0.25, 0.3) is 0 Å². The van der Waals surface area contributed by atoms with E-state index in [9.17, 15) is 8.42 Å². The highest BCUT2D eigenvalue weighted by Gasteiger charge is 2.17. The van der Waals surface area contributed by atoms with Crippen LogP contribution < -0.4 is 4.89 Å². The summed E-state index contributed by atoms with van der Waals surface area (Å²) in [5.41, 5.74) is 0.288. The Morgan fingerprint density at radius 1 is 1.53 bits per heavy atom. The number of hydrogen-bond acceptors (Lipinski definition) is 4. The van der Waals surface area contributed by atoms with E-state index in [2.05, 4.69) is 4.84 Å². The molecule has 0 saturated heterocycles. The summed E-state index contributed by atoms with van der Waals surface area (Å²) in [5.74, 6) is 0. The largest absolute Gasteiger partial charge is 0.290 e. The standard InChI is InChI=1S/C8H7ClN2O3S/c1-14-11-15(12,13)8-3-2-6(5-10)4-7(8)9/h2-4,11H,1H3. The van der Waals surface area contributed by atoms with E-state index in [4.69, 9.17) is 16.9 Å². The summed E-state index contributed by atoms with van der Waals surface area (Å²) in [6, 6.07) is 5.71. The molecule has 5 nitrogen and oxygen atoms in total. The number of sulfonamides is 1. The van der Waals surface area contributed by atoms with Crippen molar-refractivity contribution >= 4 is 21.6 Å². The minimum Gasteiger partial charge on any atom is -0.290 e. The number of nitrogens with one attached hydrogen (secondary N) is 1. The van der Waals surface area contributed by atoms with Crippen LogP contribution in [0, 0.1) is 11.3 Å². The van der Waals surface area contributed by atoms with Crippen LogP contribution >= 0.6 is 11.6 Å². The second-order valence-corrected chi connectivity index (χ2v) is 4.57. The van der Waals surface area contributed by atoms with Gasteiger partial charge in [-0.1, -0.05) is 16.5 Å². The van der Waals surface area contributed by atoms with E-state index in [1.165, 1.54) is 25.3 Å². The highest BCUT2D eigenvalue weighted by Crippen LogP contribution is 2.22. The van der Waals surface area contributed by atoms with Gasteiger partial charge in [0.05, 0.1) is 23.8 Å². The maximum Gasteiger partial charge on any atom is 0.263 e. The average Bonchev–Trinajstić information content (AvgIpc) is 2.17. The first-order valence-electron chi connectivity index (χ1n) is 3.75. The Morgan fingerprint density at radius 3 is 2.67 bits per heavy atom. The van der Waals surface area contributed by atoms with Crippen LogP contribution in [-0.2, 0) is 14.9 Å². The third-order valence-electron chi connectivity index (χ3n) is 1.54. The van der Waals surface area contributed by atoms with E-state index in [0.717, 1.165) is 0 Å². The summed E-state index contributed by atoms with van der Waals surface area (Å²) < 4.78 is 22.9. The molecule has 15 heavy (non-hydrogen) atoms. The molecule has 7 heteroatoms. The summed E-state index contributed by atoms with van der Waals surface area (Å²) in [5, 5.41) is 8.53. The summed E-state index contributed by atoms with van der Waals surface area (Å²) in [7, 11) is -2.60. The fraction of sp³-hybridized carbons (Fsp3) is 0.125. The number of hydrogen-bond donors (Lipinski definition) is 1. The van der Waals surface area contributed by atoms with Crippen LogP contribution in [0.5, 0.6) is 0 Å².